The third-order valence-electron chi connectivity index (χ3n) is 4.92. The van der Waals surface area contributed by atoms with Crippen LogP contribution in [0.5, 0.6) is 0 Å². The van der Waals surface area contributed by atoms with Crippen molar-refractivity contribution in [3.8, 4) is 0 Å². The Bertz CT molecular complexity index is 879. The molecule has 2 aromatic rings. The second-order valence-corrected chi connectivity index (χ2v) is 6.61. The molecule has 1 unspecified atom stereocenters. The Kier molecular flexibility index (Phi) is 4.85. The first-order chi connectivity index (χ1) is 12.8. The zero-order valence-electron chi connectivity index (χ0n) is 14.4. The molecule has 0 saturated heterocycles. The highest BCUT2D eigenvalue weighted by Gasteiger charge is 2.58. The van der Waals surface area contributed by atoms with Gasteiger partial charge in [0.2, 0.25) is 5.54 Å². The van der Waals surface area contributed by atoms with Crippen molar-refractivity contribution in [2.45, 2.75) is 30.7 Å². The van der Waals surface area contributed by atoms with E-state index in [1.54, 1.807) is 12.1 Å². The summed E-state index contributed by atoms with van der Waals surface area (Å²) in [6.07, 6.45) is 0.203. The molecule has 0 amide bonds. The Balaban J connectivity index is 1.98. The largest absolute Gasteiger partial charge is 0.481 e. The topological polar surface area (TPSA) is 124 Å². The average Bonchev–Trinajstić information content (AvgIpc) is 2.95. The Morgan fingerprint density at radius 3 is 2.19 bits per heavy atom. The third kappa shape index (κ3) is 3.36. The van der Waals surface area contributed by atoms with Crippen molar-refractivity contribution in [2.75, 3.05) is 5.32 Å². The molecule has 27 heavy (non-hydrogen) atoms. The van der Waals surface area contributed by atoms with E-state index < -0.39 is 29.4 Å². The van der Waals surface area contributed by atoms with Crippen LogP contribution < -0.4 is 5.32 Å². The van der Waals surface area contributed by atoms with Crippen molar-refractivity contribution in [3.63, 3.8) is 0 Å². The quantitative estimate of drug-likeness (QED) is 0.553. The molecule has 3 rings (SSSR count). The van der Waals surface area contributed by atoms with Gasteiger partial charge in [-0.25, -0.2) is 9.59 Å². The number of carbonyl (C=O) groups is 3. The van der Waals surface area contributed by atoms with Crippen molar-refractivity contribution in [1.82, 2.24) is 0 Å². The first-order valence-electron chi connectivity index (χ1n) is 8.48. The van der Waals surface area contributed by atoms with Gasteiger partial charge in [0.25, 0.3) is 0 Å². The number of hydrogen-bond donors (Lipinski definition) is 4. The smallest absolute Gasteiger partial charge is 0.341 e. The van der Waals surface area contributed by atoms with Crippen LogP contribution in [-0.2, 0) is 20.8 Å². The summed E-state index contributed by atoms with van der Waals surface area (Å²) in [6.45, 7) is 0. The number of hydrogen-bond acceptors (Lipinski definition) is 4. The molecule has 0 saturated carbocycles. The summed E-state index contributed by atoms with van der Waals surface area (Å²) in [7, 11) is 0. The minimum atomic E-state index is -2.27. The lowest BCUT2D eigenvalue weighted by molar-refractivity contribution is -0.157. The lowest BCUT2D eigenvalue weighted by atomic mass is 9.79. The van der Waals surface area contributed by atoms with Crippen LogP contribution in [0.15, 0.2) is 48.5 Å². The van der Waals surface area contributed by atoms with Crippen LogP contribution in [0.25, 0.3) is 0 Å². The highest BCUT2D eigenvalue weighted by atomic mass is 16.4. The van der Waals surface area contributed by atoms with Gasteiger partial charge in [0.15, 0.2) is 0 Å². The number of nitrogens with one attached hydrogen (secondary N) is 1. The summed E-state index contributed by atoms with van der Waals surface area (Å²) in [5.41, 5.74) is 0.626. The maximum Gasteiger partial charge on any atom is 0.341 e. The van der Waals surface area contributed by atoms with Gasteiger partial charge in [-0.05, 0) is 35.6 Å². The first kappa shape index (κ1) is 18.4. The number of aliphatic carboxylic acids is 3. The molecule has 1 aliphatic heterocycles. The standard InChI is InChI=1S/C20H19NO6/c22-17(23)9-8-15-14-7-6-13(10-12-4-2-1-3-5-12)11-16(14)21-20(15,18(24)25)19(26)27/h1-7,11,15,21H,8-10H2,(H,22,23)(H,24,25)(H,26,27). The van der Waals surface area contributed by atoms with Crippen molar-refractivity contribution in [3.05, 3.63) is 65.2 Å². The minimum absolute atomic E-state index is 0.0913. The van der Waals surface area contributed by atoms with E-state index in [0.29, 0.717) is 17.7 Å². The van der Waals surface area contributed by atoms with E-state index in [1.165, 1.54) is 0 Å². The molecule has 1 heterocycles. The molecular formula is C20H19NO6. The van der Waals surface area contributed by atoms with Crippen LogP contribution in [0, 0.1) is 0 Å². The monoisotopic (exact) mass is 369 g/mol. The summed E-state index contributed by atoms with van der Waals surface area (Å²) in [5, 5.41) is 30.9. The highest BCUT2D eigenvalue weighted by Crippen LogP contribution is 2.46. The van der Waals surface area contributed by atoms with E-state index in [9.17, 15) is 24.6 Å². The van der Waals surface area contributed by atoms with Crippen molar-refractivity contribution >= 4 is 23.6 Å². The van der Waals surface area contributed by atoms with Crippen molar-refractivity contribution in [2.24, 2.45) is 0 Å². The molecule has 7 heteroatoms. The Morgan fingerprint density at radius 1 is 0.926 bits per heavy atom. The number of carboxylic acid groups (broad SMARTS) is 3. The summed E-state index contributed by atoms with van der Waals surface area (Å²) >= 11 is 0. The minimum Gasteiger partial charge on any atom is -0.481 e. The lowest BCUT2D eigenvalue weighted by Crippen LogP contribution is -2.54. The fourth-order valence-corrected chi connectivity index (χ4v) is 3.63. The van der Waals surface area contributed by atoms with Crippen LogP contribution in [-0.4, -0.2) is 38.8 Å². The van der Waals surface area contributed by atoms with Gasteiger partial charge in [0, 0.05) is 18.0 Å². The van der Waals surface area contributed by atoms with Gasteiger partial charge in [0.1, 0.15) is 0 Å². The Morgan fingerprint density at radius 2 is 1.59 bits per heavy atom. The van der Waals surface area contributed by atoms with E-state index in [0.717, 1.165) is 11.1 Å². The molecule has 0 aliphatic carbocycles. The van der Waals surface area contributed by atoms with Crippen LogP contribution >= 0.6 is 0 Å². The fraction of sp³-hybridized carbons (Fsp3) is 0.250. The van der Waals surface area contributed by atoms with E-state index >= 15 is 0 Å². The predicted molar refractivity (Wildman–Crippen MR) is 96.9 cm³/mol. The normalized spacial score (nSPS) is 17.0. The molecular weight excluding hydrogens is 350 g/mol. The molecule has 140 valence electrons. The Labute approximate surface area is 155 Å². The van der Waals surface area contributed by atoms with Gasteiger partial charge < -0.3 is 20.6 Å². The summed E-state index contributed by atoms with van der Waals surface area (Å²) in [4.78, 5) is 34.7. The molecule has 0 spiro atoms. The summed E-state index contributed by atoms with van der Waals surface area (Å²) in [6, 6.07) is 14.9. The summed E-state index contributed by atoms with van der Waals surface area (Å²) in [5.74, 6) is -5.16. The van der Waals surface area contributed by atoms with Gasteiger partial charge >= 0.3 is 17.9 Å². The summed E-state index contributed by atoms with van der Waals surface area (Å²) < 4.78 is 0. The third-order valence-corrected chi connectivity index (χ3v) is 4.92. The van der Waals surface area contributed by atoms with Crippen molar-refractivity contribution in [1.29, 1.82) is 0 Å². The molecule has 1 atom stereocenters. The van der Waals surface area contributed by atoms with E-state index in [1.807, 2.05) is 36.4 Å². The van der Waals surface area contributed by atoms with Crippen LogP contribution in [0.3, 0.4) is 0 Å². The average molecular weight is 369 g/mol. The van der Waals surface area contributed by atoms with Gasteiger partial charge in [-0.2, -0.15) is 0 Å². The number of benzene rings is 2. The van der Waals surface area contributed by atoms with Crippen LogP contribution in [0.2, 0.25) is 0 Å². The van der Waals surface area contributed by atoms with Crippen LogP contribution in [0.4, 0.5) is 5.69 Å². The number of fused-ring (bicyclic) bond motifs is 1. The Hall–Kier alpha value is -3.35. The molecule has 0 bridgehead atoms. The molecule has 0 fully saturated rings. The van der Waals surface area contributed by atoms with E-state index in [4.69, 9.17) is 5.11 Å². The van der Waals surface area contributed by atoms with E-state index in [-0.39, 0.29) is 12.8 Å². The molecule has 2 aromatic carbocycles. The number of rotatable bonds is 7. The van der Waals surface area contributed by atoms with Gasteiger partial charge in [0.05, 0.1) is 0 Å². The number of anilines is 1. The zero-order chi connectivity index (χ0) is 19.6. The zero-order valence-corrected chi connectivity index (χ0v) is 14.4. The second kappa shape index (κ2) is 7.11. The highest BCUT2D eigenvalue weighted by molar-refractivity contribution is 6.09. The maximum atomic E-state index is 11.9. The van der Waals surface area contributed by atoms with Crippen molar-refractivity contribution < 1.29 is 29.7 Å². The second-order valence-electron chi connectivity index (χ2n) is 6.61. The number of carboxylic acids is 3. The van der Waals surface area contributed by atoms with Crippen LogP contribution in [0.1, 0.15) is 35.4 Å². The SMILES string of the molecule is O=C(O)CCC1c2ccc(Cc3ccccc3)cc2NC1(C(=O)O)C(=O)O. The van der Waals surface area contributed by atoms with Gasteiger partial charge in [-0.15, -0.1) is 0 Å². The fourth-order valence-electron chi connectivity index (χ4n) is 3.63. The maximum absolute atomic E-state index is 11.9. The molecule has 0 aromatic heterocycles. The molecule has 4 N–H and O–H groups in total. The predicted octanol–water partition coefficient (Wildman–Crippen LogP) is 2.56. The van der Waals surface area contributed by atoms with Gasteiger partial charge in [-0.1, -0.05) is 42.5 Å². The lowest BCUT2D eigenvalue weighted by Gasteiger charge is -2.27. The molecule has 0 radical (unpaired) electrons. The van der Waals surface area contributed by atoms with E-state index in [2.05, 4.69) is 5.32 Å². The first-order valence-corrected chi connectivity index (χ1v) is 8.48. The van der Waals surface area contributed by atoms with Gasteiger partial charge in [-0.3, -0.25) is 4.79 Å². The molecule has 1 aliphatic rings. The molecule has 7 nitrogen and oxygen atoms in total.